The molecule has 0 bridgehead atoms. The molecule has 1 aromatic rings. The van der Waals surface area contributed by atoms with E-state index in [1.54, 1.807) is 11.3 Å². The van der Waals surface area contributed by atoms with Gasteiger partial charge in [0.05, 0.1) is 12.1 Å². The molecule has 90 valence electrons. The molecular weight excluding hydrogens is 222 g/mol. The van der Waals surface area contributed by atoms with Crippen molar-refractivity contribution in [2.45, 2.75) is 45.8 Å². The molecule has 1 aliphatic rings. The topological polar surface area (TPSA) is 47.0 Å². The lowest BCUT2D eigenvalue weighted by Crippen LogP contribution is -2.26. The number of hydrogen-bond acceptors (Lipinski definition) is 5. The summed E-state index contributed by atoms with van der Waals surface area (Å²) in [6.45, 7) is 7.33. The third-order valence-electron chi connectivity index (χ3n) is 2.73. The van der Waals surface area contributed by atoms with Crippen LogP contribution in [-0.2, 0) is 11.2 Å². The Kier molecular flexibility index (Phi) is 3.76. The third kappa shape index (κ3) is 2.92. The van der Waals surface area contributed by atoms with Crippen LogP contribution in [-0.4, -0.2) is 29.0 Å². The normalized spacial score (nSPS) is 25.2. The molecule has 2 atom stereocenters. The van der Waals surface area contributed by atoms with Crippen LogP contribution >= 0.6 is 11.3 Å². The first-order chi connectivity index (χ1) is 7.65. The summed E-state index contributed by atoms with van der Waals surface area (Å²) in [5.41, 5.74) is 0. The predicted molar refractivity (Wildman–Crippen MR) is 65.9 cm³/mol. The molecule has 0 radical (unpaired) electrons. The van der Waals surface area contributed by atoms with Gasteiger partial charge in [-0.25, -0.2) is 0 Å². The van der Waals surface area contributed by atoms with Gasteiger partial charge in [-0.3, -0.25) is 0 Å². The highest BCUT2D eigenvalue weighted by molar-refractivity contribution is 7.15. The minimum atomic E-state index is 0.275. The lowest BCUT2D eigenvalue weighted by Gasteiger charge is -2.14. The van der Waals surface area contributed by atoms with Crippen molar-refractivity contribution < 1.29 is 4.74 Å². The average Bonchev–Trinajstić information content (AvgIpc) is 2.77. The number of anilines is 1. The summed E-state index contributed by atoms with van der Waals surface area (Å²) < 4.78 is 5.50. The molecule has 0 aliphatic carbocycles. The van der Waals surface area contributed by atoms with Crippen LogP contribution in [0.4, 0.5) is 5.13 Å². The van der Waals surface area contributed by atoms with Gasteiger partial charge >= 0.3 is 0 Å². The highest BCUT2D eigenvalue weighted by atomic mass is 32.1. The van der Waals surface area contributed by atoms with Gasteiger partial charge in [0.1, 0.15) is 5.01 Å². The molecule has 2 heterocycles. The maximum Gasteiger partial charge on any atom is 0.205 e. The highest BCUT2D eigenvalue weighted by Crippen LogP contribution is 2.22. The Labute approximate surface area is 100 Å². The van der Waals surface area contributed by atoms with Crippen LogP contribution in [0.3, 0.4) is 0 Å². The summed E-state index contributed by atoms with van der Waals surface area (Å²) in [5, 5.41) is 13.8. The van der Waals surface area contributed by atoms with Gasteiger partial charge in [0.2, 0.25) is 5.13 Å². The van der Waals surface area contributed by atoms with E-state index < -0.39 is 0 Å². The van der Waals surface area contributed by atoms with E-state index in [2.05, 4.69) is 36.3 Å². The molecule has 5 heteroatoms. The van der Waals surface area contributed by atoms with Crippen molar-refractivity contribution in [3.8, 4) is 0 Å². The third-order valence-corrected chi connectivity index (χ3v) is 3.61. The van der Waals surface area contributed by atoms with Gasteiger partial charge in [0.25, 0.3) is 0 Å². The maximum absolute atomic E-state index is 5.50. The molecular formula is C11H19N3OS. The molecule has 1 N–H and O–H groups in total. The Hall–Kier alpha value is -0.680. The number of nitrogens with zero attached hydrogens (tertiary/aromatic N) is 2. The number of hydrogen-bond donors (Lipinski definition) is 1. The minimum absolute atomic E-state index is 0.275. The fourth-order valence-electron chi connectivity index (χ4n) is 1.82. The molecule has 1 aromatic heterocycles. The molecule has 0 spiro atoms. The zero-order valence-electron chi connectivity index (χ0n) is 10.1. The monoisotopic (exact) mass is 241 g/mol. The van der Waals surface area contributed by atoms with Crippen molar-refractivity contribution in [1.29, 1.82) is 0 Å². The van der Waals surface area contributed by atoms with E-state index in [0.717, 1.165) is 29.6 Å². The van der Waals surface area contributed by atoms with Crippen molar-refractivity contribution in [2.75, 3.05) is 11.9 Å². The van der Waals surface area contributed by atoms with Gasteiger partial charge in [-0.2, -0.15) is 0 Å². The van der Waals surface area contributed by atoms with Crippen LogP contribution in [0.5, 0.6) is 0 Å². The van der Waals surface area contributed by atoms with E-state index in [4.69, 9.17) is 4.74 Å². The fraction of sp³-hybridized carbons (Fsp3) is 0.818. The predicted octanol–water partition coefficient (Wildman–Crippen LogP) is 2.33. The van der Waals surface area contributed by atoms with Gasteiger partial charge < -0.3 is 10.1 Å². The van der Waals surface area contributed by atoms with Gasteiger partial charge in [-0.05, 0) is 19.3 Å². The number of nitrogens with one attached hydrogen (secondary N) is 1. The van der Waals surface area contributed by atoms with E-state index in [1.807, 2.05) is 0 Å². The van der Waals surface area contributed by atoms with Crippen LogP contribution in [0.15, 0.2) is 0 Å². The Morgan fingerprint density at radius 3 is 2.94 bits per heavy atom. The fourth-order valence-corrected chi connectivity index (χ4v) is 2.84. The van der Waals surface area contributed by atoms with Gasteiger partial charge in [0.15, 0.2) is 0 Å². The Balaban J connectivity index is 1.92. The standard InChI is InChI=1S/C11H19N3OS/c1-7(2)6-10-13-14-11(16-10)12-9-4-5-15-8(9)3/h7-9H,4-6H2,1-3H3,(H,12,14). The average molecular weight is 241 g/mol. The van der Waals surface area contributed by atoms with Gasteiger partial charge in [-0.1, -0.05) is 25.2 Å². The largest absolute Gasteiger partial charge is 0.376 e. The first-order valence-corrected chi connectivity index (χ1v) is 6.67. The van der Waals surface area contributed by atoms with Crippen molar-refractivity contribution in [1.82, 2.24) is 10.2 Å². The number of ether oxygens (including phenoxy) is 1. The molecule has 1 saturated heterocycles. The number of rotatable bonds is 4. The quantitative estimate of drug-likeness (QED) is 0.879. The van der Waals surface area contributed by atoms with E-state index >= 15 is 0 Å². The van der Waals surface area contributed by atoms with Crippen molar-refractivity contribution >= 4 is 16.5 Å². The zero-order chi connectivity index (χ0) is 11.5. The Morgan fingerprint density at radius 2 is 2.31 bits per heavy atom. The molecule has 16 heavy (non-hydrogen) atoms. The second kappa shape index (κ2) is 5.10. The second-order valence-electron chi connectivity index (χ2n) is 4.71. The first kappa shape index (κ1) is 11.8. The summed E-state index contributed by atoms with van der Waals surface area (Å²) in [6, 6.07) is 0.389. The summed E-state index contributed by atoms with van der Waals surface area (Å²) >= 11 is 1.66. The van der Waals surface area contributed by atoms with Crippen LogP contribution < -0.4 is 5.32 Å². The van der Waals surface area contributed by atoms with Crippen LogP contribution in [0.25, 0.3) is 0 Å². The Morgan fingerprint density at radius 1 is 1.50 bits per heavy atom. The van der Waals surface area contributed by atoms with Gasteiger partial charge in [-0.15, -0.1) is 10.2 Å². The number of aromatic nitrogens is 2. The summed E-state index contributed by atoms with van der Waals surface area (Å²) in [6.07, 6.45) is 2.34. The summed E-state index contributed by atoms with van der Waals surface area (Å²) in [4.78, 5) is 0. The SMILES string of the molecule is CC(C)Cc1nnc(NC2CCOC2C)s1. The van der Waals surface area contributed by atoms with E-state index in [-0.39, 0.29) is 6.10 Å². The minimum Gasteiger partial charge on any atom is -0.376 e. The Bertz CT molecular complexity index is 340. The molecule has 1 aliphatic heterocycles. The van der Waals surface area contributed by atoms with Crippen LogP contribution in [0.1, 0.15) is 32.2 Å². The molecule has 0 aromatic carbocycles. The van der Waals surface area contributed by atoms with E-state index in [1.165, 1.54) is 0 Å². The molecule has 2 unspecified atom stereocenters. The van der Waals surface area contributed by atoms with E-state index in [9.17, 15) is 0 Å². The lowest BCUT2D eigenvalue weighted by molar-refractivity contribution is 0.121. The van der Waals surface area contributed by atoms with Gasteiger partial charge in [0, 0.05) is 13.0 Å². The summed E-state index contributed by atoms with van der Waals surface area (Å²) in [7, 11) is 0. The highest BCUT2D eigenvalue weighted by Gasteiger charge is 2.24. The smallest absolute Gasteiger partial charge is 0.205 e. The summed E-state index contributed by atoms with van der Waals surface area (Å²) in [5.74, 6) is 0.634. The first-order valence-electron chi connectivity index (χ1n) is 5.85. The molecule has 2 rings (SSSR count). The van der Waals surface area contributed by atoms with Crippen molar-refractivity contribution in [3.05, 3.63) is 5.01 Å². The molecule has 4 nitrogen and oxygen atoms in total. The van der Waals surface area contributed by atoms with Crippen molar-refractivity contribution in [3.63, 3.8) is 0 Å². The molecule has 1 fully saturated rings. The molecule has 0 saturated carbocycles. The lowest BCUT2D eigenvalue weighted by atomic mass is 10.1. The van der Waals surface area contributed by atoms with E-state index in [0.29, 0.717) is 12.0 Å². The maximum atomic E-state index is 5.50. The van der Waals surface area contributed by atoms with Crippen LogP contribution in [0.2, 0.25) is 0 Å². The zero-order valence-corrected chi connectivity index (χ0v) is 10.9. The van der Waals surface area contributed by atoms with Crippen LogP contribution in [0, 0.1) is 5.92 Å². The second-order valence-corrected chi connectivity index (χ2v) is 5.78. The van der Waals surface area contributed by atoms with Crippen molar-refractivity contribution in [2.24, 2.45) is 5.92 Å². The molecule has 0 amide bonds.